The fourth-order valence-electron chi connectivity index (χ4n) is 3.37. The van der Waals surface area contributed by atoms with E-state index < -0.39 is 0 Å². The van der Waals surface area contributed by atoms with Crippen LogP contribution < -0.4 is 5.73 Å². The molecule has 2 aromatic rings. The van der Waals surface area contributed by atoms with Crippen LogP contribution in [0.1, 0.15) is 37.9 Å². The molecule has 1 saturated heterocycles. The van der Waals surface area contributed by atoms with Crippen molar-refractivity contribution in [2.24, 2.45) is 0 Å². The molecule has 2 N–H and O–H groups in total. The number of nitrogens with zero attached hydrogens (tertiary/aromatic N) is 5. The lowest BCUT2D eigenvalue weighted by atomic mass is 10.2. The summed E-state index contributed by atoms with van der Waals surface area (Å²) in [5.41, 5.74) is 6.49. The number of hydrogen-bond acceptors (Lipinski definition) is 6. The predicted octanol–water partition coefficient (Wildman–Crippen LogP) is 1.57. The van der Waals surface area contributed by atoms with Crippen LogP contribution in [0.25, 0.3) is 0 Å². The number of aryl methyl sites for hydroxylation is 1. The molecule has 9 heteroatoms. The first-order valence-corrected chi connectivity index (χ1v) is 10.2. The van der Waals surface area contributed by atoms with Crippen LogP contribution in [0.2, 0.25) is 0 Å². The van der Waals surface area contributed by atoms with E-state index in [9.17, 15) is 9.59 Å². The Hall–Kier alpha value is -2.42. The van der Waals surface area contributed by atoms with Gasteiger partial charge in [0.25, 0.3) is 0 Å². The zero-order chi connectivity index (χ0) is 19.2. The van der Waals surface area contributed by atoms with Crippen molar-refractivity contribution in [2.75, 3.05) is 31.9 Å². The van der Waals surface area contributed by atoms with Gasteiger partial charge < -0.3 is 15.5 Å². The van der Waals surface area contributed by atoms with E-state index in [0.29, 0.717) is 50.6 Å². The summed E-state index contributed by atoms with van der Waals surface area (Å²) in [4.78, 5) is 33.4. The molecular weight excluding hydrogens is 364 g/mol. The Morgan fingerprint density at radius 2 is 2.04 bits per heavy atom. The third-order valence-electron chi connectivity index (χ3n) is 4.84. The highest BCUT2D eigenvalue weighted by Gasteiger charge is 2.27. The molecule has 2 aromatic heterocycles. The van der Waals surface area contributed by atoms with Crippen LogP contribution in [0, 0.1) is 0 Å². The second-order valence-corrected chi connectivity index (χ2v) is 7.54. The van der Waals surface area contributed by atoms with Crippen LogP contribution in [0.4, 0.5) is 5.13 Å². The molecule has 8 nitrogen and oxygen atoms in total. The Labute approximate surface area is 163 Å². The first-order valence-electron chi connectivity index (χ1n) is 9.34. The van der Waals surface area contributed by atoms with Crippen molar-refractivity contribution in [2.45, 2.75) is 38.6 Å². The maximum Gasteiger partial charge on any atom is 0.247 e. The van der Waals surface area contributed by atoms with Gasteiger partial charge >= 0.3 is 0 Å². The van der Waals surface area contributed by atoms with Crippen molar-refractivity contribution < 1.29 is 9.59 Å². The monoisotopic (exact) mass is 390 g/mol. The summed E-state index contributed by atoms with van der Waals surface area (Å²) in [7, 11) is 0. The van der Waals surface area contributed by atoms with Gasteiger partial charge in [0.2, 0.25) is 11.8 Å². The molecule has 146 valence electrons. The van der Waals surface area contributed by atoms with Crippen LogP contribution >= 0.6 is 11.3 Å². The van der Waals surface area contributed by atoms with Crippen LogP contribution in [-0.4, -0.2) is 62.6 Å². The van der Waals surface area contributed by atoms with E-state index in [0.717, 1.165) is 12.1 Å². The molecule has 1 fully saturated rings. The molecule has 1 atom stereocenters. The normalized spacial score (nSPS) is 16.2. The number of carbonyl (C=O) groups excluding carboxylic acids is 2. The topological polar surface area (TPSA) is 97.4 Å². The number of carbonyl (C=O) groups is 2. The van der Waals surface area contributed by atoms with E-state index in [1.54, 1.807) is 10.9 Å². The number of thiazole rings is 1. The molecule has 0 spiro atoms. The highest BCUT2D eigenvalue weighted by Crippen LogP contribution is 2.17. The van der Waals surface area contributed by atoms with Crippen LogP contribution in [0.3, 0.4) is 0 Å². The van der Waals surface area contributed by atoms with E-state index in [2.05, 4.69) is 10.1 Å². The summed E-state index contributed by atoms with van der Waals surface area (Å²) in [5, 5.41) is 6.64. The smallest absolute Gasteiger partial charge is 0.247 e. The number of nitrogens with two attached hydrogens (primary N) is 1. The van der Waals surface area contributed by atoms with E-state index in [-0.39, 0.29) is 17.9 Å². The second-order valence-electron chi connectivity index (χ2n) is 6.65. The van der Waals surface area contributed by atoms with Gasteiger partial charge in [-0.05, 0) is 25.3 Å². The summed E-state index contributed by atoms with van der Waals surface area (Å²) in [6.45, 7) is 4.47. The molecule has 0 bridgehead atoms. The zero-order valence-electron chi connectivity index (χ0n) is 15.6. The minimum Gasteiger partial charge on any atom is -0.375 e. The molecule has 1 unspecified atom stereocenters. The standard InChI is InChI=1S/C18H26N6O2S/c1-2-15(24-10-3-7-20-24)17(26)23-9-4-8-22(11-12-23)16(25)6-5-14-13-27-18(19)21-14/h3,7,10,13,15H,2,4-6,8-9,11-12H2,1H3,(H2,19,21). The zero-order valence-corrected chi connectivity index (χ0v) is 16.4. The Morgan fingerprint density at radius 1 is 1.26 bits per heavy atom. The van der Waals surface area contributed by atoms with Gasteiger partial charge in [-0.2, -0.15) is 5.10 Å². The predicted molar refractivity (Wildman–Crippen MR) is 104 cm³/mol. The lowest BCUT2D eigenvalue weighted by molar-refractivity contribution is -0.136. The fraction of sp³-hybridized carbons (Fsp3) is 0.556. The number of nitrogen functional groups attached to an aromatic ring is 1. The molecule has 3 rings (SSSR count). The fourth-order valence-corrected chi connectivity index (χ4v) is 3.97. The van der Waals surface area contributed by atoms with E-state index >= 15 is 0 Å². The Morgan fingerprint density at radius 3 is 2.70 bits per heavy atom. The molecule has 0 saturated carbocycles. The lowest BCUT2D eigenvalue weighted by Gasteiger charge is -2.26. The van der Waals surface area contributed by atoms with Gasteiger partial charge in [-0.15, -0.1) is 11.3 Å². The van der Waals surface area contributed by atoms with Crippen molar-refractivity contribution in [3.05, 3.63) is 29.5 Å². The Bertz CT molecular complexity index is 760. The average molecular weight is 391 g/mol. The molecule has 2 amide bonds. The molecule has 1 aliphatic rings. The van der Waals surface area contributed by atoms with Gasteiger partial charge in [-0.1, -0.05) is 6.92 Å². The molecule has 27 heavy (non-hydrogen) atoms. The number of hydrogen-bond donors (Lipinski definition) is 1. The van der Waals surface area contributed by atoms with Crippen molar-refractivity contribution >= 4 is 28.3 Å². The summed E-state index contributed by atoms with van der Waals surface area (Å²) in [6.07, 6.45) is 6.01. The highest BCUT2D eigenvalue weighted by molar-refractivity contribution is 7.13. The van der Waals surface area contributed by atoms with E-state index in [1.807, 2.05) is 34.4 Å². The number of anilines is 1. The van der Waals surface area contributed by atoms with Crippen LogP contribution in [0.15, 0.2) is 23.8 Å². The van der Waals surface area contributed by atoms with Gasteiger partial charge in [0.15, 0.2) is 5.13 Å². The largest absolute Gasteiger partial charge is 0.375 e. The molecule has 0 aromatic carbocycles. The second kappa shape index (κ2) is 8.98. The van der Waals surface area contributed by atoms with E-state index in [4.69, 9.17) is 5.73 Å². The van der Waals surface area contributed by atoms with Crippen LogP contribution in [-0.2, 0) is 16.0 Å². The van der Waals surface area contributed by atoms with Crippen LogP contribution in [0.5, 0.6) is 0 Å². The Kier molecular flexibility index (Phi) is 6.44. The number of rotatable bonds is 6. The molecule has 1 aliphatic heterocycles. The number of amides is 2. The molecular formula is C18H26N6O2S. The third-order valence-corrected chi connectivity index (χ3v) is 5.56. The van der Waals surface area contributed by atoms with Gasteiger partial charge in [-0.3, -0.25) is 14.3 Å². The van der Waals surface area contributed by atoms with Gasteiger partial charge in [0.05, 0.1) is 5.69 Å². The Balaban J connectivity index is 1.53. The van der Waals surface area contributed by atoms with E-state index in [1.165, 1.54) is 11.3 Å². The van der Waals surface area contributed by atoms with Gasteiger partial charge in [0.1, 0.15) is 6.04 Å². The lowest BCUT2D eigenvalue weighted by Crippen LogP contribution is -2.40. The first kappa shape index (κ1) is 19.3. The minimum absolute atomic E-state index is 0.0773. The maximum absolute atomic E-state index is 12.9. The quantitative estimate of drug-likeness (QED) is 0.807. The SMILES string of the molecule is CCC(C(=O)N1CCCN(C(=O)CCc2csc(N)n2)CC1)n1cccn1. The molecule has 3 heterocycles. The highest BCUT2D eigenvalue weighted by atomic mass is 32.1. The summed E-state index contributed by atoms with van der Waals surface area (Å²) in [5.74, 6) is 0.184. The van der Waals surface area contributed by atoms with Crippen molar-refractivity contribution in [3.63, 3.8) is 0 Å². The van der Waals surface area contributed by atoms with Crippen molar-refractivity contribution in [1.29, 1.82) is 0 Å². The minimum atomic E-state index is -0.280. The van der Waals surface area contributed by atoms with Gasteiger partial charge in [0, 0.05) is 50.4 Å². The van der Waals surface area contributed by atoms with Crippen molar-refractivity contribution in [1.82, 2.24) is 24.6 Å². The van der Waals surface area contributed by atoms with Gasteiger partial charge in [-0.25, -0.2) is 4.98 Å². The summed E-state index contributed by atoms with van der Waals surface area (Å²) < 4.78 is 1.72. The maximum atomic E-state index is 12.9. The first-order chi connectivity index (χ1) is 13.1. The summed E-state index contributed by atoms with van der Waals surface area (Å²) >= 11 is 1.39. The van der Waals surface area contributed by atoms with Crippen molar-refractivity contribution in [3.8, 4) is 0 Å². The number of aromatic nitrogens is 3. The molecule has 0 aliphatic carbocycles. The average Bonchev–Trinajstić information content (AvgIpc) is 3.26. The third kappa shape index (κ3) is 4.85. The molecule has 0 radical (unpaired) electrons. The summed E-state index contributed by atoms with van der Waals surface area (Å²) in [6, 6.07) is 1.55.